The van der Waals surface area contributed by atoms with Gasteiger partial charge in [0.1, 0.15) is 6.54 Å². The molecule has 2 aromatic heterocycles. The van der Waals surface area contributed by atoms with Crippen LogP contribution in [0.3, 0.4) is 0 Å². The van der Waals surface area contributed by atoms with Crippen molar-refractivity contribution in [3.8, 4) is 0 Å². The number of rotatable bonds is 7. The Balaban J connectivity index is 1.29. The standard InChI is InChI=1S/C24H22N6O4S/c1-15-11-16(2)26-24(25-15)35-14-17-3-5-18(6-4-17)23(32)28-27-22(31)13-29-10-9-19-12-20(30(33)34)7-8-21(19)29/h3-12H,13-14H2,1-2H3,(H,27,31)(H,28,32). The van der Waals surface area contributed by atoms with Crippen molar-refractivity contribution in [1.29, 1.82) is 0 Å². The summed E-state index contributed by atoms with van der Waals surface area (Å²) < 4.78 is 1.65. The Labute approximate surface area is 204 Å². The van der Waals surface area contributed by atoms with Gasteiger partial charge in [-0.15, -0.1) is 0 Å². The van der Waals surface area contributed by atoms with Gasteiger partial charge in [-0.25, -0.2) is 9.97 Å². The third-order valence-electron chi connectivity index (χ3n) is 5.14. The van der Waals surface area contributed by atoms with Crippen LogP contribution in [0.2, 0.25) is 0 Å². The maximum Gasteiger partial charge on any atom is 0.270 e. The van der Waals surface area contributed by atoms with E-state index in [0.717, 1.165) is 17.0 Å². The second kappa shape index (κ2) is 10.3. The first kappa shape index (κ1) is 23.9. The van der Waals surface area contributed by atoms with Crippen molar-refractivity contribution in [2.45, 2.75) is 31.3 Å². The van der Waals surface area contributed by atoms with Gasteiger partial charge < -0.3 is 4.57 Å². The molecule has 0 radical (unpaired) electrons. The topological polar surface area (TPSA) is 132 Å². The van der Waals surface area contributed by atoms with Crippen molar-refractivity contribution in [3.63, 3.8) is 0 Å². The van der Waals surface area contributed by atoms with Crippen LogP contribution >= 0.6 is 11.8 Å². The number of hydrogen-bond donors (Lipinski definition) is 2. The van der Waals surface area contributed by atoms with Gasteiger partial charge in [0.2, 0.25) is 0 Å². The van der Waals surface area contributed by atoms with Gasteiger partial charge in [-0.05, 0) is 49.7 Å². The zero-order chi connectivity index (χ0) is 24.9. The average Bonchev–Trinajstić information content (AvgIpc) is 3.22. The minimum atomic E-state index is -0.468. The Kier molecular flexibility index (Phi) is 7.06. The first-order chi connectivity index (χ1) is 16.8. The van der Waals surface area contributed by atoms with Gasteiger partial charge in [0.05, 0.1) is 4.92 Å². The average molecular weight is 491 g/mol. The normalized spacial score (nSPS) is 10.8. The molecule has 178 valence electrons. The minimum Gasteiger partial charge on any atom is -0.338 e. The molecule has 0 saturated carbocycles. The number of aryl methyl sites for hydroxylation is 2. The van der Waals surface area contributed by atoms with Crippen LogP contribution in [-0.2, 0) is 17.1 Å². The van der Waals surface area contributed by atoms with E-state index in [1.165, 1.54) is 23.9 Å². The smallest absolute Gasteiger partial charge is 0.270 e. The number of carbonyl (C=O) groups is 2. The van der Waals surface area contributed by atoms with E-state index >= 15 is 0 Å². The van der Waals surface area contributed by atoms with Gasteiger partial charge in [0.25, 0.3) is 17.5 Å². The summed E-state index contributed by atoms with van der Waals surface area (Å²) in [6.07, 6.45) is 1.66. The van der Waals surface area contributed by atoms with Crippen LogP contribution in [0.15, 0.2) is 66.0 Å². The lowest BCUT2D eigenvalue weighted by Gasteiger charge is -2.09. The van der Waals surface area contributed by atoms with Crippen LogP contribution in [0, 0.1) is 24.0 Å². The molecular weight excluding hydrogens is 468 g/mol. The molecule has 2 amide bonds. The molecule has 0 unspecified atom stereocenters. The van der Waals surface area contributed by atoms with E-state index in [1.807, 2.05) is 32.0 Å². The fourth-order valence-corrected chi connectivity index (χ4v) is 4.40. The number of amides is 2. The van der Waals surface area contributed by atoms with Crippen molar-refractivity contribution in [2.24, 2.45) is 0 Å². The molecule has 0 bridgehead atoms. The van der Waals surface area contributed by atoms with Crippen LogP contribution < -0.4 is 10.9 Å². The molecule has 0 aliphatic rings. The summed E-state index contributed by atoms with van der Waals surface area (Å²) in [6, 6.07) is 15.1. The van der Waals surface area contributed by atoms with Gasteiger partial charge in [-0.3, -0.25) is 30.6 Å². The Morgan fingerprint density at radius 1 is 1.00 bits per heavy atom. The summed E-state index contributed by atoms with van der Waals surface area (Å²) >= 11 is 1.52. The molecule has 0 fully saturated rings. The van der Waals surface area contributed by atoms with Crippen LogP contribution in [0.1, 0.15) is 27.3 Å². The number of benzene rings is 2. The minimum absolute atomic E-state index is 0.0184. The van der Waals surface area contributed by atoms with E-state index in [9.17, 15) is 19.7 Å². The third-order valence-corrected chi connectivity index (χ3v) is 6.06. The lowest BCUT2D eigenvalue weighted by Crippen LogP contribution is -2.43. The second-order valence-corrected chi connectivity index (χ2v) is 8.81. The first-order valence-corrected chi connectivity index (χ1v) is 11.6. The SMILES string of the molecule is Cc1cc(C)nc(SCc2ccc(C(=O)NNC(=O)Cn3ccc4cc([N+](=O)[O-])ccc43)cc2)n1. The molecule has 4 rings (SSSR count). The van der Waals surface area contributed by atoms with Gasteiger partial charge in [-0.2, -0.15) is 0 Å². The van der Waals surface area contributed by atoms with Gasteiger partial charge in [0, 0.05) is 51.9 Å². The summed E-state index contributed by atoms with van der Waals surface area (Å²) in [4.78, 5) is 44.0. The number of nitro benzene ring substituents is 1. The molecule has 11 heteroatoms. The molecule has 4 aromatic rings. The first-order valence-electron chi connectivity index (χ1n) is 10.6. The monoisotopic (exact) mass is 490 g/mol. The lowest BCUT2D eigenvalue weighted by atomic mass is 10.1. The number of non-ortho nitro benzene ring substituents is 1. The Hall–Kier alpha value is -4.25. The van der Waals surface area contributed by atoms with Crippen molar-refractivity contribution < 1.29 is 14.5 Å². The molecule has 10 nitrogen and oxygen atoms in total. The molecule has 0 aliphatic heterocycles. The van der Waals surface area contributed by atoms with Crippen LogP contribution in [-0.4, -0.2) is 31.3 Å². The Morgan fingerprint density at radius 3 is 2.40 bits per heavy atom. The Bertz CT molecular complexity index is 1400. The summed E-state index contributed by atoms with van der Waals surface area (Å²) in [5.41, 5.74) is 8.72. The van der Waals surface area contributed by atoms with E-state index in [4.69, 9.17) is 0 Å². The number of carbonyl (C=O) groups excluding carboxylic acids is 2. The van der Waals surface area contributed by atoms with E-state index in [2.05, 4.69) is 20.8 Å². The maximum atomic E-state index is 12.4. The summed E-state index contributed by atoms with van der Waals surface area (Å²) in [5.74, 6) is -0.214. The van der Waals surface area contributed by atoms with Crippen molar-refractivity contribution >= 4 is 40.2 Å². The molecule has 0 saturated heterocycles. The fourth-order valence-electron chi connectivity index (χ4n) is 3.49. The van der Waals surface area contributed by atoms with Crippen molar-refractivity contribution in [3.05, 3.63) is 93.4 Å². The summed E-state index contributed by atoms with van der Waals surface area (Å²) in [7, 11) is 0. The predicted octanol–water partition coefficient (Wildman–Crippen LogP) is 3.71. The number of nitro groups is 1. The molecule has 0 spiro atoms. The largest absolute Gasteiger partial charge is 0.338 e. The zero-order valence-corrected chi connectivity index (χ0v) is 19.8. The Morgan fingerprint density at radius 2 is 1.71 bits per heavy atom. The highest BCUT2D eigenvalue weighted by molar-refractivity contribution is 7.98. The summed E-state index contributed by atoms with van der Waals surface area (Å²) in [5, 5.41) is 12.3. The van der Waals surface area contributed by atoms with E-state index < -0.39 is 16.7 Å². The van der Waals surface area contributed by atoms with Gasteiger partial charge >= 0.3 is 0 Å². The lowest BCUT2D eigenvalue weighted by molar-refractivity contribution is -0.384. The van der Waals surface area contributed by atoms with Gasteiger partial charge in [-0.1, -0.05) is 23.9 Å². The summed E-state index contributed by atoms with van der Waals surface area (Å²) in [6.45, 7) is 3.80. The highest BCUT2D eigenvalue weighted by Gasteiger charge is 2.12. The molecule has 0 atom stereocenters. The second-order valence-electron chi connectivity index (χ2n) is 7.87. The molecular formula is C24H22N6O4S. The third kappa shape index (κ3) is 6.01. The maximum absolute atomic E-state index is 12.4. The highest BCUT2D eigenvalue weighted by atomic mass is 32.2. The van der Waals surface area contributed by atoms with Crippen LogP contribution in [0.5, 0.6) is 0 Å². The van der Waals surface area contributed by atoms with E-state index in [1.54, 1.807) is 35.0 Å². The zero-order valence-electron chi connectivity index (χ0n) is 19.0. The number of fused-ring (bicyclic) bond motifs is 1. The fraction of sp³-hybridized carbons (Fsp3) is 0.167. The molecule has 2 heterocycles. The number of nitrogens with one attached hydrogen (secondary N) is 2. The molecule has 2 N–H and O–H groups in total. The van der Waals surface area contributed by atoms with Crippen LogP contribution in [0.25, 0.3) is 10.9 Å². The number of thioether (sulfide) groups is 1. The molecule has 0 aliphatic carbocycles. The number of hydrazine groups is 1. The number of aromatic nitrogens is 3. The number of nitrogens with zero attached hydrogens (tertiary/aromatic N) is 4. The van der Waals surface area contributed by atoms with E-state index in [-0.39, 0.29) is 12.2 Å². The van der Waals surface area contributed by atoms with Crippen LogP contribution in [0.4, 0.5) is 5.69 Å². The van der Waals surface area contributed by atoms with E-state index in [0.29, 0.717) is 27.4 Å². The quantitative estimate of drug-likeness (QED) is 0.175. The molecule has 35 heavy (non-hydrogen) atoms. The molecule has 2 aromatic carbocycles. The number of hydrogen-bond acceptors (Lipinski definition) is 7. The highest BCUT2D eigenvalue weighted by Crippen LogP contribution is 2.22. The van der Waals surface area contributed by atoms with Gasteiger partial charge in [0.15, 0.2) is 5.16 Å². The van der Waals surface area contributed by atoms with Crippen molar-refractivity contribution in [2.75, 3.05) is 0 Å². The van der Waals surface area contributed by atoms with Crippen molar-refractivity contribution in [1.82, 2.24) is 25.4 Å². The predicted molar refractivity (Wildman–Crippen MR) is 132 cm³/mol.